The first kappa shape index (κ1) is 21.5. The number of hydrogen-bond acceptors (Lipinski definition) is 6. The molecule has 2 N–H and O–H groups in total. The molecule has 4 rings (SSSR count). The molecule has 0 spiro atoms. The summed E-state index contributed by atoms with van der Waals surface area (Å²) in [5.74, 6) is 0.490. The number of hydrogen-bond donors (Lipinski definition) is 2. The van der Waals surface area contributed by atoms with Gasteiger partial charge < -0.3 is 4.74 Å². The minimum absolute atomic E-state index is 0.0860. The molecule has 1 amide bonds. The predicted octanol–water partition coefficient (Wildman–Crippen LogP) is 4.94. The van der Waals surface area contributed by atoms with Gasteiger partial charge in [0.2, 0.25) is 0 Å². The van der Waals surface area contributed by atoms with E-state index in [2.05, 4.69) is 15.5 Å². The molecule has 0 radical (unpaired) electrons. The van der Waals surface area contributed by atoms with Crippen molar-refractivity contribution in [3.63, 3.8) is 0 Å². The molecule has 0 unspecified atom stereocenters. The molecule has 0 fully saturated rings. The van der Waals surface area contributed by atoms with Crippen molar-refractivity contribution in [1.29, 1.82) is 0 Å². The molecule has 32 heavy (non-hydrogen) atoms. The molecule has 0 atom stereocenters. The zero-order valence-electron chi connectivity index (χ0n) is 17.9. The monoisotopic (exact) mass is 446 g/mol. The molecule has 0 aliphatic heterocycles. The first-order valence-corrected chi connectivity index (χ1v) is 10.9. The summed E-state index contributed by atoms with van der Waals surface area (Å²) < 4.78 is 5.15. The number of anilines is 1. The number of carbonyl (C=O) groups is 1. The van der Waals surface area contributed by atoms with Gasteiger partial charge in [0.1, 0.15) is 11.4 Å². The number of aromatic nitrogens is 3. The molecule has 0 saturated carbocycles. The molecule has 162 valence electrons. The minimum Gasteiger partial charge on any atom is -0.497 e. The Morgan fingerprint density at radius 1 is 1.06 bits per heavy atom. The molecule has 4 aromatic rings. The molecule has 7 nitrogen and oxygen atoms in total. The second kappa shape index (κ2) is 9.15. The van der Waals surface area contributed by atoms with Gasteiger partial charge in [-0.3, -0.25) is 14.9 Å². The average Bonchev–Trinajstić information content (AvgIpc) is 3.23. The van der Waals surface area contributed by atoms with Gasteiger partial charge in [0, 0.05) is 17.2 Å². The van der Waals surface area contributed by atoms with Crippen molar-refractivity contribution in [1.82, 2.24) is 15.2 Å². The van der Waals surface area contributed by atoms with Crippen molar-refractivity contribution >= 4 is 22.4 Å². The lowest BCUT2D eigenvalue weighted by molar-refractivity contribution is 0.102. The Balaban J connectivity index is 1.77. The van der Waals surface area contributed by atoms with Gasteiger partial charge in [-0.15, -0.1) is 0 Å². The van der Waals surface area contributed by atoms with Crippen LogP contribution in [-0.2, 0) is 0 Å². The normalized spacial score (nSPS) is 10.9. The van der Waals surface area contributed by atoms with Crippen LogP contribution >= 0.6 is 11.3 Å². The SMILES string of the molecule is COc1ccc(C(=O)Nc2nc(-c3ccccc3)c(-c3n[nH]c(=O)cc3C(C)C)s2)cc1. The second-order valence-corrected chi connectivity index (χ2v) is 8.44. The maximum absolute atomic E-state index is 12.8. The lowest BCUT2D eigenvalue weighted by atomic mass is 10.00. The third kappa shape index (κ3) is 4.45. The number of ether oxygens (including phenoxy) is 1. The summed E-state index contributed by atoms with van der Waals surface area (Å²) in [6, 6.07) is 18.1. The third-order valence-corrected chi connectivity index (χ3v) is 5.90. The first-order chi connectivity index (χ1) is 15.5. The predicted molar refractivity (Wildman–Crippen MR) is 126 cm³/mol. The molecule has 0 aliphatic carbocycles. The molecule has 8 heteroatoms. The van der Waals surface area contributed by atoms with Gasteiger partial charge in [0.05, 0.1) is 17.7 Å². The van der Waals surface area contributed by atoms with E-state index in [1.165, 1.54) is 11.3 Å². The standard InChI is InChI=1S/C24H22N4O3S/c1-14(2)18-13-19(29)27-28-21(18)22-20(15-7-5-4-6-8-15)25-24(32-22)26-23(30)16-9-11-17(31-3)12-10-16/h4-14H,1-3H3,(H,27,29)(H,25,26,30). The summed E-state index contributed by atoms with van der Waals surface area (Å²) in [5.41, 5.74) is 3.31. The highest BCUT2D eigenvalue weighted by atomic mass is 32.1. The Kier molecular flexibility index (Phi) is 6.13. The maximum Gasteiger partial charge on any atom is 0.264 e. The number of rotatable bonds is 6. The Morgan fingerprint density at radius 2 is 1.78 bits per heavy atom. The molecule has 2 heterocycles. The van der Waals surface area contributed by atoms with Crippen LogP contribution in [0.4, 0.5) is 5.13 Å². The number of H-pyrrole nitrogens is 1. The fraction of sp³-hybridized carbons (Fsp3) is 0.167. The topological polar surface area (TPSA) is 97.0 Å². The van der Waals surface area contributed by atoms with Crippen LogP contribution < -0.4 is 15.6 Å². The second-order valence-electron chi connectivity index (χ2n) is 7.44. The molecular formula is C24H22N4O3S. The summed E-state index contributed by atoms with van der Waals surface area (Å²) in [4.78, 5) is 30.2. The van der Waals surface area contributed by atoms with Gasteiger partial charge in [-0.05, 0) is 35.7 Å². The summed E-state index contributed by atoms with van der Waals surface area (Å²) in [5, 5.41) is 10.2. The van der Waals surface area contributed by atoms with Crippen molar-refractivity contribution in [2.24, 2.45) is 0 Å². The van der Waals surface area contributed by atoms with E-state index in [0.29, 0.717) is 27.8 Å². The van der Waals surface area contributed by atoms with Gasteiger partial charge in [-0.2, -0.15) is 5.10 Å². The van der Waals surface area contributed by atoms with E-state index < -0.39 is 0 Å². The third-order valence-electron chi connectivity index (χ3n) is 4.92. The average molecular weight is 447 g/mol. The summed E-state index contributed by atoms with van der Waals surface area (Å²) in [6.07, 6.45) is 0. The van der Waals surface area contributed by atoms with Gasteiger partial charge in [0.15, 0.2) is 5.13 Å². The van der Waals surface area contributed by atoms with E-state index in [-0.39, 0.29) is 17.4 Å². The van der Waals surface area contributed by atoms with Crippen LogP contribution in [0.3, 0.4) is 0 Å². The molecule has 2 aromatic heterocycles. The van der Waals surface area contributed by atoms with Crippen molar-refractivity contribution in [2.45, 2.75) is 19.8 Å². The smallest absolute Gasteiger partial charge is 0.264 e. The number of nitrogens with one attached hydrogen (secondary N) is 2. The zero-order chi connectivity index (χ0) is 22.7. The number of thiazole rings is 1. The van der Waals surface area contributed by atoms with Gasteiger partial charge in [-0.25, -0.2) is 10.1 Å². The van der Waals surface area contributed by atoms with Crippen molar-refractivity contribution in [2.75, 3.05) is 12.4 Å². The van der Waals surface area contributed by atoms with E-state index in [1.807, 2.05) is 44.2 Å². The number of nitrogens with zero attached hydrogens (tertiary/aromatic N) is 2. The van der Waals surface area contributed by atoms with Crippen LogP contribution in [0.25, 0.3) is 21.8 Å². The minimum atomic E-state index is -0.272. The Hall–Kier alpha value is -3.78. The van der Waals surface area contributed by atoms with E-state index >= 15 is 0 Å². The van der Waals surface area contributed by atoms with Crippen LogP contribution in [-0.4, -0.2) is 28.2 Å². The van der Waals surface area contributed by atoms with Crippen LogP contribution in [0.2, 0.25) is 0 Å². The highest BCUT2D eigenvalue weighted by Crippen LogP contribution is 2.40. The number of carbonyl (C=O) groups excluding carboxylic acids is 1. The van der Waals surface area contributed by atoms with E-state index in [0.717, 1.165) is 16.0 Å². The van der Waals surface area contributed by atoms with Gasteiger partial charge in [-0.1, -0.05) is 55.5 Å². The maximum atomic E-state index is 12.8. The zero-order valence-corrected chi connectivity index (χ0v) is 18.7. The van der Waals surface area contributed by atoms with E-state index in [4.69, 9.17) is 9.72 Å². The summed E-state index contributed by atoms with van der Waals surface area (Å²) >= 11 is 1.32. The largest absolute Gasteiger partial charge is 0.497 e. The number of aromatic amines is 1. The molecule has 0 aliphatic rings. The van der Waals surface area contributed by atoms with Crippen LogP contribution in [0, 0.1) is 0 Å². The number of amides is 1. The lowest BCUT2D eigenvalue weighted by Crippen LogP contribution is -2.11. The molecule has 0 bridgehead atoms. The number of benzene rings is 2. The Morgan fingerprint density at radius 3 is 2.44 bits per heavy atom. The van der Waals surface area contributed by atoms with Crippen molar-refractivity contribution in [3.05, 3.63) is 82.1 Å². The van der Waals surface area contributed by atoms with Gasteiger partial charge in [0.25, 0.3) is 11.5 Å². The highest BCUT2D eigenvalue weighted by molar-refractivity contribution is 7.19. The molecule has 0 saturated heterocycles. The van der Waals surface area contributed by atoms with Crippen molar-refractivity contribution < 1.29 is 9.53 Å². The fourth-order valence-electron chi connectivity index (χ4n) is 3.28. The van der Waals surface area contributed by atoms with Crippen LogP contribution in [0.15, 0.2) is 65.5 Å². The molecule has 2 aromatic carbocycles. The molecular weight excluding hydrogens is 424 g/mol. The summed E-state index contributed by atoms with van der Waals surface area (Å²) in [7, 11) is 1.58. The fourth-order valence-corrected chi connectivity index (χ4v) is 4.27. The van der Waals surface area contributed by atoms with Gasteiger partial charge >= 0.3 is 0 Å². The van der Waals surface area contributed by atoms with E-state index in [9.17, 15) is 9.59 Å². The Labute approximate surface area is 189 Å². The lowest BCUT2D eigenvalue weighted by Gasteiger charge is -2.10. The quantitative estimate of drug-likeness (QED) is 0.437. The van der Waals surface area contributed by atoms with E-state index in [1.54, 1.807) is 37.4 Å². The Bertz CT molecular complexity index is 1300. The highest BCUT2D eigenvalue weighted by Gasteiger charge is 2.21. The number of methoxy groups -OCH3 is 1. The van der Waals surface area contributed by atoms with Crippen LogP contribution in [0.1, 0.15) is 35.7 Å². The van der Waals surface area contributed by atoms with Crippen molar-refractivity contribution in [3.8, 4) is 27.6 Å². The first-order valence-electron chi connectivity index (χ1n) is 10.1. The summed E-state index contributed by atoms with van der Waals surface area (Å²) in [6.45, 7) is 4.02. The van der Waals surface area contributed by atoms with Crippen LogP contribution in [0.5, 0.6) is 5.75 Å².